The van der Waals surface area contributed by atoms with Gasteiger partial charge in [0.25, 0.3) is 0 Å². The molecule has 2 aromatic carbocycles. The van der Waals surface area contributed by atoms with Crippen LogP contribution in [-0.2, 0) is 11.3 Å². The summed E-state index contributed by atoms with van der Waals surface area (Å²) in [6.45, 7) is 3.09. The fourth-order valence-electron chi connectivity index (χ4n) is 3.60. The molecule has 8 heteroatoms. The van der Waals surface area contributed by atoms with Crippen molar-refractivity contribution in [2.45, 2.75) is 42.8 Å². The number of methoxy groups -OCH3 is 1. The van der Waals surface area contributed by atoms with Gasteiger partial charge in [0, 0.05) is 23.0 Å². The van der Waals surface area contributed by atoms with Crippen LogP contribution in [-0.4, -0.2) is 34.6 Å². The molecule has 0 N–H and O–H groups in total. The van der Waals surface area contributed by atoms with E-state index < -0.39 is 16.9 Å². The van der Waals surface area contributed by atoms with Crippen molar-refractivity contribution in [1.29, 1.82) is 0 Å². The topological polar surface area (TPSA) is 49.2 Å². The van der Waals surface area contributed by atoms with E-state index in [0.29, 0.717) is 17.5 Å². The molecule has 2 heterocycles. The van der Waals surface area contributed by atoms with Crippen LogP contribution >= 0.6 is 11.8 Å². The van der Waals surface area contributed by atoms with E-state index in [1.807, 2.05) is 28.8 Å². The van der Waals surface area contributed by atoms with Gasteiger partial charge >= 0.3 is 0 Å². The van der Waals surface area contributed by atoms with Crippen molar-refractivity contribution >= 4 is 11.8 Å². The van der Waals surface area contributed by atoms with E-state index in [1.54, 1.807) is 14.0 Å². The third-order valence-corrected chi connectivity index (χ3v) is 6.27. The summed E-state index contributed by atoms with van der Waals surface area (Å²) in [4.78, 5) is 0. The van der Waals surface area contributed by atoms with Gasteiger partial charge in [-0.05, 0) is 56.2 Å². The second-order valence-corrected chi connectivity index (χ2v) is 8.48. The van der Waals surface area contributed by atoms with Gasteiger partial charge in [0.1, 0.15) is 17.4 Å². The van der Waals surface area contributed by atoms with Crippen LogP contribution in [0.15, 0.2) is 47.6 Å². The fraction of sp³-hybridized carbons (Fsp3) is 0.364. The molecule has 5 nitrogen and oxygen atoms in total. The highest BCUT2D eigenvalue weighted by molar-refractivity contribution is 7.99. The third-order valence-electron chi connectivity index (χ3n) is 5.16. The highest BCUT2D eigenvalue weighted by Gasteiger charge is 2.25. The standard InChI is InChI=1S/C22H23F2N3O2S/c1-14(20-18(23)6-3-7-19(20)24)30-22-26-25-21(15-8-10-16(28-2)11-9-15)27(22)13-17-5-4-12-29-17/h3,6-11,14,17H,4-5,12-13H2,1-2H3. The molecule has 0 radical (unpaired) electrons. The first-order valence-corrected chi connectivity index (χ1v) is 10.7. The van der Waals surface area contributed by atoms with Crippen LogP contribution in [0.2, 0.25) is 0 Å². The lowest BCUT2D eigenvalue weighted by Gasteiger charge is -2.17. The van der Waals surface area contributed by atoms with Crippen LogP contribution in [0.4, 0.5) is 8.78 Å². The van der Waals surface area contributed by atoms with Crippen molar-refractivity contribution in [2.75, 3.05) is 13.7 Å². The molecule has 1 aromatic heterocycles. The molecule has 3 aromatic rings. The van der Waals surface area contributed by atoms with E-state index in [0.717, 1.165) is 30.8 Å². The Hall–Kier alpha value is -2.45. The van der Waals surface area contributed by atoms with E-state index in [9.17, 15) is 8.78 Å². The Morgan fingerprint density at radius 1 is 1.17 bits per heavy atom. The van der Waals surface area contributed by atoms with Crippen LogP contribution in [0.1, 0.15) is 30.6 Å². The molecule has 1 aliphatic rings. The zero-order chi connectivity index (χ0) is 21.1. The molecular formula is C22H23F2N3O2S. The summed E-state index contributed by atoms with van der Waals surface area (Å²) in [5, 5.41) is 8.86. The van der Waals surface area contributed by atoms with Gasteiger partial charge in [0.05, 0.1) is 19.8 Å². The summed E-state index contributed by atoms with van der Waals surface area (Å²) < 4.78 is 41.5. The monoisotopic (exact) mass is 431 g/mol. The number of benzene rings is 2. The Balaban J connectivity index is 1.67. The van der Waals surface area contributed by atoms with Crippen molar-refractivity contribution < 1.29 is 18.3 Å². The Morgan fingerprint density at radius 3 is 2.53 bits per heavy atom. The molecule has 0 spiro atoms. The van der Waals surface area contributed by atoms with Crippen molar-refractivity contribution in [1.82, 2.24) is 14.8 Å². The summed E-state index contributed by atoms with van der Waals surface area (Å²) in [6.07, 6.45) is 2.05. The molecular weight excluding hydrogens is 408 g/mol. The first-order valence-electron chi connectivity index (χ1n) is 9.86. The lowest BCUT2D eigenvalue weighted by molar-refractivity contribution is 0.0953. The smallest absolute Gasteiger partial charge is 0.192 e. The maximum absolute atomic E-state index is 14.2. The molecule has 4 rings (SSSR count). The van der Waals surface area contributed by atoms with E-state index in [4.69, 9.17) is 9.47 Å². The highest BCUT2D eigenvalue weighted by atomic mass is 32.2. The molecule has 0 amide bonds. The van der Waals surface area contributed by atoms with Gasteiger partial charge in [-0.15, -0.1) is 10.2 Å². The predicted molar refractivity (Wildman–Crippen MR) is 112 cm³/mol. The molecule has 1 aliphatic heterocycles. The van der Waals surface area contributed by atoms with E-state index in [1.165, 1.54) is 30.0 Å². The zero-order valence-corrected chi connectivity index (χ0v) is 17.7. The zero-order valence-electron chi connectivity index (χ0n) is 16.8. The first kappa shape index (κ1) is 20.8. The van der Waals surface area contributed by atoms with Gasteiger partial charge in [-0.25, -0.2) is 8.78 Å². The maximum atomic E-state index is 14.2. The maximum Gasteiger partial charge on any atom is 0.192 e. The first-order chi connectivity index (χ1) is 14.6. The highest BCUT2D eigenvalue weighted by Crippen LogP contribution is 2.38. The Bertz CT molecular complexity index is 984. The molecule has 2 unspecified atom stereocenters. The minimum absolute atomic E-state index is 0.0418. The normalized spacial score (nSPS) is 17.3. The predicted octanol–water partition coefficient (Wildman–Crippen LogP) is 5.26. The van der Waals surface area contributed by atoms with Gasteiger partial charge in [0.15, 0.2) is 11.0 Å². The van der Waals surface area contributed by atoms with Crippen molar-refractivity contribution in [3.05, 3.63) is 59.7 Å². The van der Waals surface area contributed by atoms with Gasteiger partial charge in [0.2, 0.25) is 0 Å². The number of nitrogens with zero attached hydrogens (tertiary/aromatic N) is 3. The minimum atomic E-state index is -0.560. The molecule has 2 atom stereocenters. The van der Waals surface area contributed by atoms with E-state index >= 15 is 0 Å². The molecule has 1 fully saturated rings. The number of rotatable bonds is 7. The summed E-state index contributed by atoms with van der Waals surface area (Å²) in [6, 6.07) is 11.5. The second-order valence-electron chi connectivity index (χ2n) is 7.18. The summed E-state index contributed by atoms with van der Waals surface area (Å²) >= 11 is 1.29. The van der Waals surface area contributed by atoms with Crippen LogP contribution in [0.3, 0.4) is 0 Å². The number of hydrogen-bond donors (Lipinski definition) is 0. The van der Waals surface area contributed by atoms with E-state index in [2.05, 4.69) is 10.2 Å². The third kappa shape index (κ3) is 4.34. The molecule has 158 valence electrons. The van der Waals surface area contributed by atoms with Crippen molar-refractivity contribution in [3.8, 4) is 17.1 Å². The van der Waals surface area contributed by atoms with Gasteiger partial charge in [-0.1, -0.05) is 17.8 Å². The van der Waals surface area contributed by atoms with Crippen molar-refractivity contribution in [2.24, 2.45) is 0 Å². The number of thioether (sulfide) groups is 1. The van der Waals surface area contributed by atoms with E-state index in [-0.39, 0.29) is 11.7 Å². The lowest BCUT2D eigenvalue weighted by atomic mass is 10.1. The van der Waals surface area contributed by atoms with Gasteiger partial charge < -0.3 is 9.47 Å². The number of aromatic nitrogens is 3. The molecule has 0 aliphatic carbocycles. The average Bonchev–Trinajstić information content (AvgIpc) is 3.39. The Morgan fingerprint density at radius 2 is 1.90 bits per heavy atom. The molecule has 0 saturated carbocycles. The molecule has 1 saturated heterocycles. The summed E-state index contributed by atoms with van der Waals surface area (Å²) in [5.74, 6) is 0.324. The van der Waals surface area contributed by atoms with Crippen LogP contribution < -0.4 is 4.74 Å². The summed E-state index contributed by atoms with van der Waals surface area (Å²) in [7, 11) is 1.62. The average molecular weight is 432 g/mol. The Kier molecular flexibility index (Phi) is 6.34. The number of ether oxygens (including phenoxy) is 2. The SMILES string of the molecule is COc1ccc(-c2nnc(SC(C)c3c(F)cccc3F)n2CC2CCCO2)cc1. The van der Waals surface area contributed by atoms with Crippen LogP contribution in [0, 0.1) is 11.6 Å². The molecule has 0 bridgehead atoms. The number of hydrogen-bond acceptors (Lipinski definition) is 5. The second kappa shape index (κ2) is 9.14. The fourth-order valence-corrected chi connectivity index (χ4v) is 4.64. The minimum Gasteiger partial charge on any atom is -0.497 e. The lowest BCUT2D eigenvalue weighted by Crippen LogP contribution is -2.17. The largest absolute Gasteiger partial charge is 0.497 e. The van der Waals surface area contributed by atoms with Crippen LogP contribution in [0.5, 0.6) is 5.75 Å². The Labute approximate surface area is 178 Å². The van der Waals surface area contributed by atoms with Crippen molar-refractivity contribution in [3.63, 3.8) is 0 Å². The van der Waals surface area contributed by atoms with Crippen LogP contribution in [0.25, 0.3) is 11.4 Å². The summed E-state index contributed by atoms with van der Waals surface area (Å²) in [5.41, 5.74) is 0.929. The molecule has 30 heavy (non-hydrogen) atoms. The quantitative estimate of drug-likeness (QED) is 0.478. The number of halogens is 2. The van der Waals surface area contributed by atoms with Gasteiger partial charge in [-0.2, -0.15) is 0 Å². The van der Waals surface area contributed by atoms with Gasteiger partial charge in [-0.3, -0.25) is 4.57 Å².